The number of likely N-dealkylation sites (N-methyl/N-ethyl adjacent to an activating group) is 1. The summed E-state index contributed by atoms with van der Waals surface area (Å²) in [7, 11) is 0. The number of anilines is 1. The summed E-state index contributed by atoms with van der Waals surface area (Å²) in [6, 6.07) is 17.5. The fourth-order valence-corrected chi connectivity index (χ4v) is 3.42. The lowest BCUT2D eigenvalue weighted by atomic mass is 10.1. The third-order valence-electron chi connectivity index (χ3n) is 5.26. The molecule has 0 saturated carbocycles. The van der Waals surface area contributed by atoms with Gasteiger partial charge in [-0.15, -0.1) is 0 Å². The summed E-state index contributed by atoms with van der Waals surface area (Å²) in [5.41, 5.74) is 2.13. The molecule has 0 aliphatic rings. The summed E-state index contributed by atoms with van der Waals surface area (Å²) in [5, 5.41) is 6.59. The van der Waals surface area contributed by atoms with E-state index in [1.165, 1.54) is 5.56 Å². The van der Waals surface area contributed by atoms with Crippen LogP contribution in [-0.4, -0.2) is 43.2 Å². The highest BCUT2D eigenvalue weighted by Crippen LogP contribution is 2.14. The van der Waals surface area contributed by atoms with Gasteiger partial charge in [0.25, 0.3) is 0 Å². The van der Waals surface area contributed by atoms with E-state index in [0.29, 0.717) is 6.54 Å². The highest BCUT2D eigenvalue weighted by Gasteiger charge is 2.22. The average molecular weight is 516 g/mol. The largest absolute Gasteiger partial charge is 1.00 e. The molecule has 2 rings (SSSR count). The van der Waals surface area contributed by atoms with Gasteiger partial charge in [-0.25, -0.2) is 4.79 Å². The van der Waals surface area contributed by atoms with Crippen molar-refractivity contribution in [3.8, 4) is 0 Å². The smallest absolute Gasteiger partial charge is 0.319 e. The Balaban J connectivity index is 0.00000392. The molecule has 2 aromatic carbocycles. The van der Waals surface area contributed by atoms with Crippen LogP contribution in [-0.2, 0) is 6.42 Å². The molecule has 0 saturated heterocycles. The maximum atomic E-state index is 12.0. The first-order chi connectivity index (χ1) is 13.1. The van der Waals surface area contributed by atoms with Crippen LogP contribution in [0.15, 0.2) is 54.6 Å². The lowest BCUT2D eigenvalue weighted by Crippen LogP contribution is -3.00. The van der Waals surface area contributed by atoms with Gasteiger partial charge in [-0.3, -0.25) is 0 Å². The van der Waals surface area contributed by atoms with Gasteiger partial charge in [0.15, 0.2) is 0 Å². The van der Waals surface area contributed by atoms with Crippen molar-refractivity contribution in [3.63, 3.8) is 0 Å². The number of carbonyl (C=O) groups is 1. The number of carbonyl (C=O) groups excluding carboxylic acids is 1. The minimum Gasteiger partial charge on any atom is -1.00 e. The topological polar surface area (TPSA) is 41.1 Å². The molecule has 0 atom stereocenters. The Hall–Kier alpha value is -1.31. The molecule has 154 valence electrons. The van der Waals surface area contributed by atoms with E-state index in [9.17, 15) is 4.79 Å². The van der Waals surface area contributed by atoms with Gasteiger partial charge in [0.1, 0.15) is 0 Å². The Bertz CT molecular complexity index is 691. The van der Waals surface area contributed by atoms with E-state index in [4.69, 9.17) is 11.6 Å². The second kappa shape index (κ2) is 13.0. The summed E-state index contributed by atoms with van der Waals surface area (Å²) in [5.74, 6) is 0. The molecule has 28 heavy (non-hydrogen) atoms. The minimum absolute atomic E-state index is 0. The number of urea groups is 1. The number of para-hydroxylation sites is 1. The molecule has 0 bridgehead atoms. The Morgan fingerprint density at radius 1 is 0.964 bits per heavy atom. The van der Waals surface area contributed by atoms with Crippen LogP contribution in [0.4, 0.5) is 10.5 Å². The molecule has 0 heterocycles. The number of halogens is 2. The number of rotatable bonds is 10. The third-order valence-corrected chi connectivity index (χ3v) is 5.51. The number of nitrogens with zero attached hydrogens (tertiary/aromatic N) is 1. The SMILES string of the molecule is CC[N+](CC)(CCCNC(=O)Nc1ccccc1)CCc1ccc(Cl)cc1.[I-]. The normalized spacial score (nSPS) is 10.8. The second-order valence-corrected chi connectivity index (χ2v) is 7.33. The van der Waals surface area contributed by atoms with Crippen molar-refractivity contribution in [1.82, 2.24) is 5.32 Å². The van der Waals surface area contributed by atoms with Crippen molar-refractivity contribution < 1.29 is 33.3 Å². The molecule has 0 aliphatic carbocycles. The summed E-state index contributed by atoms with van der Waals surface area (Å²) < 4.78 is 1.06. The van der Waals surface area contributed by atoms with Crippen molar-refractivity contribution >= 4 is 23.3 Å². The lowest BCUT2D eigenvalue weighted by Gasteiger charge is -2.37. The van der Waals surface area contributed by atoms with E-state index in [1.807, 2.05) is 42.5 Å². The van der Waals surface area contributed by atoms with Crippen LogP contribution in [0, 0.1) is 0 Å². The molecule has 0 fully saturated rings. The number of benzene rings is 2. The lowest BCUT2D eigenvalue weighted by molar-refractivity contribution is -0.924. The summed E-state index contributed by atoms with van der Waals surface area (Å²) in [4.78, 5) is 12.0. The Morgan fingerprint density at radius 3 is 2.21 bits per heavy atom. The van der Waals surface area contributed by atoms with Crippen molar-refractivity contribution in [2.75, 3.05) is 38.0 Å². The first kappa shape index (κ1) is 24.7. The van der Waals surface area contributed by atoms with Crippen molar-refractivity contribution in [1.29, 1.82) is 0 Å². The van der Waals surface area contributed by atoms with Crippen LogP contribution in [0.5, 0.6) is 0 Å². The van der Waals surface area contributed by atoms with Crippen LogP contribution in [0.25, 0.3) is 0 Å². The predicted octanol–water partition coefficient (Wildman–Crippen LogP) is 1.95. The maximum absolute atomic E-state index is 12.0. The molecule has 2 aromatic rings. The van der Waals surface area contributed by atoms with E-state index in [1.54, 1.807) is 0 Å². The van der Waals surface area contributed by atoms with Crippen molar-refractivity contribution in [2.45, 2.75) is 26.7 Å². The van der Waals surface area contributed by atoms with Gasteiger partial charge in [0, 0.05) is 30.1 Å². The molecule has 2 N–H and O–H groups in total. The number of quaternary nitrogens is 1. The molecule has 0 aliphatic heterocycles. The zero-order valence-corrected chi connectivity index (χ0v) is 19.7. The first-order valence-corrected chi connectivity index (χ1v) is 10.1. The average Bonchev–Trinajstić information content (AvgIpc) is 2.70. The van der Waals surface area contributed by atoms with Crippen molar-refractivity contribution in [2.24, 2.45) is 0 Å². The van der Waals surface area contributed by atoms with Crippen LogP contribution in [0.3, 0.4) is 0 Å². The molecule has 0 radical (unpaired) electrons. The highest BCUT2D eigenvalue weighted by molar-refractivity contribution is 6.30. The Labute approximate surface area is 191 Å². The van der Waals surface area contributed by atoms with Crippen LogP contribution in [0.2, 0.25) is 5.02 Å². The number of hydrogen-bond donors (Lipinski definition) is 2. The van der Waals surface area contributed by atoms with Gasteiger partial charge in [0.2, 0.25) is 0 Å². The number of hydrogen-bond acceptors (Lipinski definition) is 1. The summed E-state index contributed by atoms with van der Waals surface area (Å²) in [6.07, 6.45) is 2.01. The van der Waals surface area contributed by atoms with E-state index in [2.05, 4.69) is 36.6 Å². The zero-order chi connectivity index (χ0) is 19.5. The molecule has 0 spiro atoms. The first-order valence-electron chi connectivity index (χ1n) is 9.76. The molecule has 0 aromatic heterocycles. The quantitative estimate of drug-likeness (QED) is 0.284. The monoisotopic (exact) mass is 515 g/mol. The molecule has 6 heteroatoms. The standard InChI is InChI=1S/C22H30ClN3O.HI/c1-3-26(4-2,18-15-19-11-13-20(23)14-12-19)17-8-16-24-22(27)25-21-9-6-5-7-10-21;/h5-7,9-14H,3-4,8,15-18H2,1-2H3,(H-,24,25,27);1H. The van der Waals surface area contributed by atoms with E-state index in [0.717, 1.165) is 54.2 Å². The third kappa shape index (κ3) is 8.37. The van der Waals surface area contributed by atoms with E-state index < -0.39 is 0 Å². The van der Waals surface area contributed by atoms with Gasteiger partial charge in [-0.05, 0) is 43.7 Å². The van der Waals surface area contributed by atoms with Gasteiger partial charge < -0.3 is 39.1 Å². The fourth-order valence-electron chi connectivity index (χ4n) is 3.30. The molecule has 4 nitrogen and oxygen atoms in total. The van der Waals surface area contributed by atoms with E-state index >= 15 is 0 Å². The summed E-state index contributed by atoms with van der Waals surface area (Å²) in [6.45, 7) is 9.54. The number of nitrogens with one attached hydrogen (secondary N) is 2. The van der Waals surface area contributed by atoms with Crippen molar-refractivity contribution in [3.05, 3.63) is 65.2 Å². The van der Waals surface area contributed by atoms with Gasteiger partial charge >= 0.3 is 6.03 Å². The maximum Gasteiger partial charge on any atom is 0.319 e. The minimum atomic E-state index is -0.145. The fraction of sp³-hybridized carbons (Fsp3) is 0.409. The Kier molecular flexibility index (Phi) is 11.5. The van der Waals surface area contributed by atoms with Crippen LogP contribution in [0.1, 0.15) is 25.8 Å². The highest BCUT2D eigenvalue weighted by atomic mass is 127. The molecular weight excluding hydrogens is 485 g/mol. The van der Waals surface area contributed by atoms with Gasteiger partial charge in [-0.1, -0.05) is 41.9 Å². The molecule has 0 unspecified atom stereocenters. The summed E-state index contributed by atoms with van der Waals surface area (Å²) >= 11 is 5.97. The molecule has 2 amide bonds. The molecular formula is C22H31ClIN3O. The second-order valence-electron chi connectivity index (χ2n) is 6.90. The Morgan fingerprint density at radius 2 is 1.61 bits per heavy atom. The van der Waals surface area contributed by atoms with E-state index in [-0.39, 0.29) is 30.0 Å². The van der Waals surface area contributed by atoms with Crippen LogP contribution >= 0.6 is 11.6 Å². The van der Waals surface area contributed by atoms with Gasteiger partial charge in [-0.2, -0.15) is 0 Å². The number of amides is 2. The van der Waals surface area contributed by atoms with Crippen LogP contribution < -0.4 is 34.6 Å². The zero-order valence-electron chi connectivity index (χ0n) is 16.8. The van der Waals surface area contributed by atoms with Gasteiger partial charge in [0.05, 0.1) is 26.2 Å². The predicted molar refractivity (Wildman–Crippen MR) is 114 cm³/mol.